The molecule has 3 atom stereocenters. The summed E-state index contributed by atoms with van der Waals surface area (Å²) in [4.78, 5) is 0. The molecule has 0 amide bonds. The third-order valence-corrected chi connectivity index (χ3v) is 13.8. The van der Waals surface area contributed by atoms with Gasteiger partial charge in [-0.1, -0.05) is 132 Å². The summed E-state index contributed by atoms with van der Waals surface area (Å²) in [5, 5.41) is 7.91. The smallest absolute Gasteiger partial charge is 0.0269 e. The van der Waals surface area contributed by atoms with Gasteiger partial charge in [0.2, 0.25) is 0 Å². The van der Waals surface area contributed by atoms with E-state index >= 15 is 0 Å². The first-order valence-electron chi connectivity index (χ1n) is 21.9. The van der Waals surface area contributed by atoms with Crippen molar-refractivity contribution in [2.75, 3.05) is 23.8 Å². The van der Waals surface area contributed by atoms with Crippen molar-refractivity contribution in [2.45, 2.75) is 215 Å². The second-order valence-electron chi connectivity index (χ2n) is 18.9. The molecule has 302 valence electrons. The lowest BCUT2D eigenvalue weighted by Crippen LogP contribution is -2.48. The van der Waals surface area contributed by atoms with E-state index in [1.807, 2.05) is 0 Å². The molecule has 0 heterocycles. The van der Waals surface area contributed by atoms with Crippen molar-refractivity contribution < 1.29 is 0 Å². The maximum Gasteiger partial charge on any atom is 0.0269 e. The quantitative estimate of drug-likeness (QED) is 0.0339. The predicted molar refractivity (Wildman–Crippen MR) is 243 cm³/mol. The van der Waals surface area contributed by atoms with E-state index in [1.165, 1.54) is 159 Å². The standard InChI is InChI=1S/C46H90N2S3/c1-10-45(26-16-12-20-32-49,27-17-13-21-33-50)31-25-41(6)48-42-35-43(7,8)37-44(9,36-42)38-47-40(5)24-30-46(11-2,28-18-14-22-34-51)29-19-15-23-39(3)4/h39,42,47-51H,5-6,10-38H2,1-4,7-9H3. The van der Waals surface area contributed by atoms with Crippen LogP contribution in [-0.2, 0) is 0 Å². The molecule has 2 N–H and O–H groups in total. The average Bonchev–Trinajstić information content (AvgIpc) is 3.07. The Morgan fingerprint density at radius 3 is 1.53 bits per heavy atom. The number of thiol groups is 3. The van der Waals surface area contributed by atoms with Gasteiger partial charge in [-0.05, 0) is 135 Å². The van der Waals surface area contributed by atoms with Crippen molar-refractivity contribution in [3.05, 3.63) is 24.6 Å². The molecule has 51 heavy (non-hydrogen) atoms. The molecular weight excluding hydrogens is 677 g/mol. The van der Waals surface area contributed by atoms with Gasteiger partial charge in [0, 0.05) is 24.0 Å². The fourth-order valence-electron chi connectivity index (χ4n) is 9.72. The largest absolute Gasteiger partial charge is 0.388 e. The maximum atomic E-state index is 4.63. The lowest BCUT2D eigenvalue weighted by Gasteiger charge is -2.47. The Hall–Kier alpha value is 0.130. The molecule has 1 rings (SSSR count). The number of nitrogens with one attached hydrogen (secondary N) is 2. The normalized spacial score (nSPS) is 20.3. The van der Waals surface area contributed by atoms with E-state index in [1.54, 1.807) is 0 Å². The molecular formula is C46H90N2S3. The van der Waals surface area contributed by atoms with Crippen LogP contribution in [0.2, 0.25) is 0 Å². The number of hydrogen-bond acceptors (Lipinski definition) is 5. The van der Waals surface area contributed by atoms with Crippen molar-refractivity contribution >= 4 is 37.9 Å². The van der Waals surface area contributed by atoms with Gasteiger partial charge in [0.25, 0.3) is 0 Å². The summed E-state index contributed by atoms with van der Waals surface area (Å²) in [7, 11) is 0. The second-order valence-corrected chi connectivity index (χ2v) is 20.3. The zero-order chi connectivity index (χ0) is 38.2. The highest BCUT2D eigenvalue weighted by atomic mass is 32.1. The summed E-state index contributed by atoms with van der Waals surface area (Å²) in [5.74, 6) is 3.85. The van der Waals surface area contributed by atoms with Crippen molar-refractivity contribution in [3.8, 4) is 0 Å². The zero-order valence-electron chi connectivity index (χ0n) is 35.4. The Morgan fingerprint density at radius 1 is 0.647 bits per heavy atom. The molecule has 0 aliphatic heterocycles. The summed E-state index contributed by atoms with van der Waals surface area (Å²) >= 11 is 13.4. The van der Waals surface area contributed by atoms with Crippen LogP contribution in [-0.4, -0.2) is 29.8 Å². The number of allylic oxidation sites excluding steroid dienone is 2. The summed E-state index contributed by atoms with van der Waals surface area (Å²) in [6.45, 7) is 27.4. The Bertz CT molecular complexity index is 904. The Balaban J connectivity index is 2.81. The van der Waals surface area contributed by atoms with Gasteiger partial charge < -0.3 is 10.6 Å². The minimum absolute atomic E-state index is 0.237. The van der Waals surface area contributed by atoms with E-state index in [-0.39, 0.29) is 5.41 Å². The highest BCUT2D eigenvalue weighted by Gasteiger charge is 2.41. The molecule has 0 aromatic carbocycles. The lowest BCUT2D eigenvalue weighted by atomic mass is 9.62. The molecule has 0 saturated heterocycles. The van der Waals surface area contributed by atoms with Crippen LogP contribution in [0.25, 0.3) is 0 Å². The van der Waals surface area contributed by atoms with Crippen LogP contribution >= 0.6 is 37.9 Å². The Labute approximate surface area is 337 Å². The second kappa shape index (κ2) is 26.9. The van der Waals surface area contributed by atoms with E-state index < -0.39 is 0 Å². The fourth-order valence-corrected chi connectivity index (χ4v) is 10.4. The van der Waals surface area contributed by atoms with Gasteiger partial charge in [0.05, 0.1) is 0 Å². The molecule has 5 heteroatoms. The molecule has 1 aliphatic carbocycles. The minimum atomic E-state index is 0.237. The van der Waals surface area contributed by atoms with Crippen LogP contribution in [0, 0.1) is 27.6 Å². The number of hydrogen-bond donors (Lipinski definition) is 5. The van der Waals surface area contributed by atoms with Gasteiger partial charge in [-0.2, -0.15) is 37.9 Å². The van der Waals surface area contributed by atoms with Crippen molar-refractivity contribution in [2.24, 2.45) is 27.6 Å². The first kappa shape index (κ1) is 49.1. The molecule has 0 aromatic rings. The van der Waals surface area contributed by atoms with Gasteiger partial charge in [-0.15, -0.1) is 0 Å². The topological polar surface area (TPSA) is 24.1 Å². The van der Waals surface area contributed by atoms with Gasteiger partial charge in [0.1, 0.15) is 0 Å². The van der Waals surface area contributed by atoms with Crippen LogP contribution in [0.5, 0.6) is 0 Å². The molecule has 0 aromatic heterocycles. The SMILES string of the molecule is C=C(CCC(CC)(CCCCCS)CCCCC(C)C)NCC1(C)CC(NC(=C)CCC(CC)(CCCCCS)CCCCCS)CC(C)(C)C1. The van der Waals surface area contributed by atoms with Gasteiger partial charge >= 0.3 is 0 Å². The van der Waals surface area contributed by atoms with E-state index in [9.17, 15) is 0 Å². The zero-order valence-corrected chi connectivity index (χ0v) is 38.1. The molecule has 1 aliphatic rings. The van der Waals surface area contributed by atoms with E-state index in [0.717, 1.165) is 42.6 Å². The van der Waals surface area contributed by atoms with Crippen LogP contribution in [0.1, 0.15) is 209 Å². The van der Waals surface area contributed by atoms with Crippen molar-refractivity contribution in [1.82, 2.24) is 10.6 Å². The first-order chi connectivity index (χ1) is 24.2. The molecule has 3 unspecified atom stereocenters. The molecule has 0 spiro atoms. The van der Waals surface area contributed by atoms with Crippen molar-refractivity contribution in [1.29, 1.82) is 0 Å². The molecule has 1 fully saturated rings. The van der Waals surface area contributed by atoms with Crippen LogP contribution in [0.15, 0.2) is 24.6 Å². The predicted octanol–water partition coefficient (Wildman–Crippen LogP) is 14.8. The number of rotatable bonds is 33. The molecule has 1 saturated carbocycles. The fraction of sp³-hybridized carbons (Fsp3) is 0.913. The van der Waals surface area contributed by atoms with Crippen molar-refractivity contribution in [3.63, 3.8) is 0 Å². The highest BCUT2D eigenvalue weighted by molar-refractivity contribution is 7.80. The third kappa shape index (κ3) is 21.7. The highest BCUT2D eigenvalue weighted by Crippen LogP contribution is 2.47. The minimum Gasteiger partial charge on any atom is -0.388 e. The lowest BCUT2D eigenvalue weighted by molar-refractivity contribution is 0.0745. The summed E-state index contributed by atoms with van der Waals surface area (Å²) in [6.07, 6.45) is 32.2. The monoisotopic (exact) mass is 767 g/mol. The van der Waals surface area contributed by atoms with E-state index in [0.29, 0.717) is 22.3 Å². The summed E-state index contributed by atoms with van der Waals surface area (Å²) in [6, 6.07) is 0.485. The third-order valence-electron chi connectivity index (χ3n) is 12.9. The Kier molecular flexibility index (Phi) is 25.9. The maximum absolute atomic E-state index is 4.63. The van der Waals surface area contributed by atoms with Gasteiger partial charge in [-0.25, -0.2) is 0 Å². The van der Waals surface area contributed by atoms with Gasteiger partial charge in [-0.3, -0.25) is 0 Å². The number of unbranched alkanes of at least 4 members (excludes halogenated alkanes) is 7. The van der Waals surface area contributed by atoms with E-state index in [2.05, 4.69) is 110 Å². The average molecular weight is 767 g/mol. The van der Waals surface area contributed by atoms with Crippen LogP contribution in [0.3, 0.4) is 0 Å². The summed E-state index contributed by atoms with van der Waals surface area (Å²) in [5.41, 5.74) is 3.96. The first-order valence-corrected chi connectivity index (χ1v) is 23.8. The molecule has 0 bridgehead atoms. The van der Waals surface area contributed by atoms with Gasteiger partial charge in [0.15, 0.2) is 0 Å². The van der Waals surface area contributed by atoms with E-state index in [4.69, 9.17) is 0 Å². The molecule has 2 nitrogen and oxygen atoms in total. The van der Waals surface area contributed by atoms with Crippen LogP contribution < -0.4 is 10.6 Å². The van der Waals surface area contributed by atoms with Crippen LogP contribution in [0.4, 0.5) is 0 Å². The summed E-state index contributed by atoms with van der Waals surface area (Å²) < 4.78 is 0. The molecule has 0 radical (unpaired) electrons. The Morgan fingerprint density at radius 2 is 1.10 bits per heavy atom.